The van der Waals surface area contributed by atoms with E-state index in [2.05, 4.69) is 20.9 Å². The van der Waals surface area contributed by atoms with Crippen molar-refractivity contribution in [2.24, 2.45) is 7.05 Å². The monoisotopic (exact) mass is 462 g/mol. The van der Waals surface area contributed by atoms with Gasteiger partial charge in [0.1, 0.15) is 5.82 Å². The number of nitrogens with one attached hydrogen (secondary N) is 4. The molecule has 0 aliphatic carbocycles. The van der Waals surface area contributed by atoms with Crippen molar-refractivity contribution in [2.75, 3.05) is 10.6 Å². The summed E-state index contributed by atoms with van der Waals surface area (Å²) in [4.78, 5) is 16.4. The lowest BCUT2D eigenvalue weighted by atomic mass is 10.1. The average Bonchev–Trinajstić information content (AvgIpc) is 3.24. The number of hydrogen-bond donors (Lipinski definition) is 4. The van der Waals surface area contributed by atoms with Crippen LogP contribution in [0.2, 0.25) is 0 Å². The number of ether oxygens (including phenoxy) is 1. The van der Waals surface area contributed by atoms with Gasteiger partial charge in [-0.3, -0.25) is 0 Å². The summed E-state index contributed by atoms with van der Waals surface area (Å²) < 4.78 is 35.4. The van der Waals surface area contributed by atoms with Crippen LogP contribution in [-0.2, 0) is 7.05 Å². The fourth-order valence-corrected chi connectivity index (χ4v) is 3.10. The summed E-state index contributed by atoms with van der Waals surface area (Å²) in [6, 6.07) is 8.61. The molecule has 0 saturated carbocycles. The summed E-state index contributed by atoms with van der Waals surface area (Å²) in [5.41, 5.74) is 2.46. The van der Waals surface area contributed by atoms with E-state index in [0.29, 0.717) is 28.4 Å². The lowest BCUT2D eigenvalue weighted by Crippen LogP contribution is -2.19. The zero-order chi connectivity index (χ0) is 24.1. The van der Waals surface area contributed by atoms with Crippen LogP contribution in [0.3, 0.4) is 0 Å². The number of rotatable bonds is 6. The predicted molar refractivity (Wildman–Crippen MR) is 125 cm³/mol. The number of aromatic nitrogens is 2. The van der Waals surface area contributed by atoms with Crippen molar-refractivity contribution in [1.29, 1.82) is 5.41 Å². The quantitative estimate of drug-likeness (QED) is 0.396. The van der Waals surface area contributed by atoms with Crippen molar-refractivity contribution in [2.45, 2.75) is 0 Å². The Kier molecular flexibility index (Phi) is 6.49. The summed E-state index contributed by atoms with van der Waals surface area (Å²) >= 11 is 0. The number of aryl methyl sites for hydroxylation is 1. The van der Waals surface area contributed by atoms with E-state index in [9.17, 15) is 13.6 Å². The van der Waals surface area contributed by atoms with Crippen LogP contribution in [0.15, 0.2) is 84.8 Å². The molecule has 1 aliphatic heterocycles. The largest absolute Gasteiger partial charge is 0.452 e. The van der Waals surface area contributed by atoms with Crippen LogP contribution in [0, 0.1) is 17.0 Å². The number of halogens is 2. The van der Waals surface area contributed by atoms with Gasteiger partial charge >= 0.3 is 6.03 Å². The predicted octanol–water partition coefficient (Wildman–Crippen LogP) is 4.78. The van der Waals surface area contributed by atoms with Gasteiger partial charge in [0.15, 0.2) is 17.3 Å². The van der Waals surface area contributed by atoms with Gasteiger partial charge in [-0.15, -0.1) is 0 Å². The molecule has 2 amide bonds. The smallest absolute Gasteiger partial charge is 0.323 e. The van der Waals surface area contributed by atoms with E-state index in [1.807, 2.05) is 13.2 Å². The Morgan fingerprint density at radius 2 is 1.88 bits per heavy atom. The van der Waals surface area contributed by atoms with Gasteiger partial charge in [-0.1, -0.05) is 0 Å². The summed E-state index contributed by atoms with van der Waals surface area (Å²) in [5.74, 6) is -0.909. The van der Waals surface area contributed by atoms with Crippen LogP contribution >= 0.6 is 0 Å². The first-order valence-electron chi connectivity index (χ1n) is 10.1. The number of amides is 2. The van der Waals surface area contributed by atoms with Gasteiger partial charge in [-0.05, 0) is 48.6 Å². The minimum atomic E-state index is -0.705. The lowest BCUT2D eigenvalue weighted by Gasteiger charge is -2.19. The normalized spacial score (nSPS) is 14.0. The Balaban J connectivity index is 1.49. The number of carbonyl (C=O) groups is 1. The third-order valence-corrected chi connectivity index (χ3v) is 4.70. The molecule has 8 nitrogen and oxygen atoms in total. The van der Waals surface area contributed by atoms with E-state index in [-0.39, 0.29) is 11.4 Å². The van der Waals surface area contributed by atoms with Crippen LogP contribution < -0.4 is 20.7 Å². The molecule has 10 heteroatoms. The first-order valence-corrected chi connectivity index (χ1v) is 10.1. The van der Waals surface area contributed by atoms with Gasteiger partial charge in [0, 0.05) is 48.7 Å². The molecule has 1 aliphatic rings. The third-order valence-electron chi connectivity index (χ3n) is 4.70. The number of dihydropyridines is 1. The molecule has 4 N–H and O–H groups in total. The number of carbonyl (C=O) groups excluding carboxylic acids is 1. The number of imidazole rings is 1. The molecule has 3 aromatic rings. The van der Waals surface area contributed by atoms with E-state index >= 15 is 0 Å². The standard InChI is InChI=1S/C24H20F2N6O2/c1-32-13-21(29-14-32)15-10-23(20(8-9-27)28-12-15)34-22-7-6-18(11-19(22)26)31-24(33)30-17-4-2-16(25)3-5-17/h2-14,27-28H,1H3,(H2,30,31,33)/b20-8-,27-9?. The zero-order valence-electron chi connectivity index (χ0n) is 18.0. The summed E-state index contributed by atoms with van der Waals surface area (Å²) in [6.07, 6.45) is 9.45. The minimum Gasteiger partial charge on any atom is -0.452 e. The van der Waals surface area contributed by atoms with E-state index in [0.717, 1.165) is 12.3 Å². The molecular formula is C24H20F2N6O2. The second-order valence-corrected chi connectivity index (χ2v) is 7.26. The molecule has 2 heterocycles. The molecule has 0 saturated heterocycles. The highest BCUT2D eigenvalue weighted by molar-refractivity contribution is 5.99. The highest BCUT2D eigenvalue weighted by Crippen LogP contribution is 2.28. The van der Waals surface area contributed by atoms with Gasteiger partial charge in [0.2, 0.25) is 0 Å². The first kappa shape index (κ1) is 22.5. The van der Waals surface area contributed by atoms with Crippen molar-refractivity contribution < 1.29 is 18.3 Å². The number of anilines is 2. The maximum atomic E-state index is 14.8. The SMILES string of the molecule is Cn1cnc(C2=CN/C(=C\C=N)C(Oc3ccc(NC(=O)Nc4ccc(F)cc4)cc3F)=C2)c1. The zero-order valence-corrected chi connectivity index (χ0v) is 18.0. The summed E-state index contributed by atoms with van der Waals surface area (Å²) in [5, 5.41) is 15.4. The Bertz CT molecular complexity index is 1330. The second kappa shape index (κ2) is 9.82. The highest BCUT2D eigenvalue weighted by Gasteiger charge is 2.17. The molecule has 0 unspecified atom stereocenters. The lowest BCUT2D eigenvalue weighted by molar-refractivity contribution is 0.262. The Morgan fingerprint density at radius 3 is 2.56 bits per heavy atom. The molecule has 34 heavy (non-hydrogen) atoms. The maximum absolute atomic E-state index is 14.8. The van der Waals surface area contributed by atoms with E-state index in [1.54, 1.807) is 23.2 Å². The van der Waals surface area contributed by atoms with Crippen LogP contribution in [0.1, 0.15) is 5.69 Å². The highest BCUT2D eigenvalue weighted by atomic mass is 19.1. The molecule has 0 atom stereocenters. The molecule has 2 aromatic carbocycles. The molecule has 0 spiro atoms. The van der Waals surface area contributed by atoms with E-state index in [1.165, 1.54) is 42.5 Å². The van der Waals surface area contributed by atoms with Crippen molar-refractivity contribution in [3.05, 3.63) is 102 Å². The Hall–Kier alpha value is -4.73. The maximum Gasteiger partial charge on any atom is 0.323 e. The number of allylic oxidation sites excluding steroid dienone is 3. The Labute approximate surface area is 193 Å². The van der Waals surface area contributed by atoms with Crippen LogP contribution in [0.25, 0.3) is 5.57 Å². The van der Waals surface area contributed by atoms with Crippen molar-refractivity contribution in [1.82, 2.24) is 14.9 Å². The molecule has 172 valence electrons. The van der Waals surface area contributed by atoms with Gasteiger partial charge < -0.3 is 30.7 Å². The van der Waals surface area contributed by atoms with Gasteiger partial charge in [-0.25, -0.2) is 18.6 Å². The molecule has 0 fully saturated rings. The minimum absolute atomic E-state index is 0.0734. The van der Waals surface area contributed by atoms with Crippen molar-refractivity contribution >= 4 is 29.2 Å². The summed E-state index contributed by atoms with van der Waals surface area (Å²) in [6.45, 7) is 0. The molecule has 0 radical (unpaired) electrons. The Morgan fingerprint density at radius 1 is 1.15 bits per heavy atom. The average molecular weight is 462 g/mol. The van der Waals surface area contributed by atoms with Crippen molar-refractivity contribution in [3.8, 4) is 5.75 Å². The second-order valence-electron chi connectivity index (χ2n) is 7.26. The first-order chi connectivity index (χ1) is 16.4. The fraction of sp³-hybridized carbons (Fsp3) is 0.0417. The van der Waals surface area contributed by atoms with E-state index < -0.39 is 17.7 Å². The van der Waals surface area contributed by atoms with Crippen LogP contribution in [-0.4, -0.2) is 21.8 Å². The topological polar surface area (TPSA) is 104 Å². The summed E-state index contributed by atoms with van der Waals surface area (Å²) in [7, 11) is 1.85. The molecular weight excluding hydrogens is 442 g/mol. The third kappa shape index (κ3) is 5.36. The van der Waals surface area contributed by atoms with Crippen LogP contribution in [0.5, 0.6) is 5.75 Å². The van der Waals surface area contributed by atoms with E-state index in [4.69, 9.17) is 10.1 Å². The van der Waals surface area contributed by atoms with Crippen LogP contribution in [0.4, 0.5) is 25.0 Å². The molecule has 4 rings (SSSR count). The number of benzene rings is 2. The molecule has 0 bridgehead atoms. The van der Waals surface area contributed by atoms with Gasteiger partial charge in [-0.2, -0.15) is 0 Å². The van der Waals surface area contributed by atoms with Gasteiger partial charge in [0.05, 0.1) is 17.7 Å². The number of urea groups is 1. The van der Waals surface area contributed by atoms with Crippen molar-refractivity contribution in [3.63, 3.8) is 0 Å². The molecule has 1 aromatic heterocycles. The number of hydrogen-bond acceptors (Lipinski definition) is 5. The number of nitrogens with zero attached hydrogens (tertiary/aromatic N) is 2. The fourth-order valence-electron chi connectivity index (χ4n) is 3.10. The van der Waals surface area contributed by atoms with Gasteiger partial charge in [0.25, 0.3) is 0 Å².